The van der Waals surface area contributed by atoms with Crippen LogP contribution in [0.4, 0.5) is 5.69 Å². The molecule has 2 aromatic heterocycles. The summed E-state index contributed by atoms with van der Waals surface area (Å²) in [6.07, 6.45) is 6.16. The Hall–Kier alpha value is -3.22. The maximum Gasteiger partial charge on any atom is 0.228 e. The number of aromatic nitrogens is 3. The standard InChI is InChI=1S/C25H29N5O2/c1-2-5-18-7-9-21(10-8-18)30-17-20(16-23(30)31)25(32)28-14-11-19(12-15-28)24-27-26-22-6-3-4-13-29(22)24/h3-4,6-10,13,19-20H,2,5,11-12,14-17H2,1H3. The van der Waals surface area contributed by atoms with Crippen molar-refractivity contribution in [2.24, 2.45) is 5.92 Å². The fourth-order valence-electron chi connectivity index (χ4n) is 5.01. The minimum atomic E-state index is -0.261. The highest BCUT2D eigenvalue weighted by Crippen LogP contribution is 2.31. The van der Waals surface area contributed by atoms with Crippen LogP contribution >= 0.6 is 0 Å². The van der Waals surface area contributed by atoms with Crippen LogP contribution < -0.4 is 4.90 Å². The van der Waals surface area contributed by atoms with E-state index in [1.165, 1.54) is 5.56 Å². The van der Waals surface area contributed by atoms with E-state index in [0.29, 0.717) is 32.0 Å². The Labute approximate surface area is 188 Å². The van der Waals surface area contributed by atoms with Crippen LogP contribution in [0.25, 0.3) is 5.65 Å². The number of aryl methyl sites for hydroxylation is 1. The number of benzene rings is 1. The van der Waals surface area contributed by atoms with Gasteiger partial charge in [0.1, 0.15) is 5.82 Å². The average molecular weight is 432 g/mol. The molecule has 0 N–H and O–H groups in total. The van der Waals surface area contributed by atoms with E-state index < -0.39 is 0 Å². The number of anilines is 1. The molecule has 166 valence electrons. The van der Waals surface area contributed by atoms with Crippen LogP contribution in [0.1, 0.15) is 49.9 Å². The highest BCUT2D eigenvalue weighted by molar-refractivity contribution is 6.00. The summed E-state index contributed by atoms with van der Waals surface area (Å²) >= 11 is 0. The number of piperidine rings is 1. The minimum absolute atomic E-state index is 0.0383. The second-order valence-corrected chi connectivity index (χ2v) is 8.91. The Kier molecular flexibility index (Phi) is 5.64. The van der Waals surface area contributed by atoms with Gasteiger partial charge in [0, 0.05) is 43.9 Å². The molecule has 32 heavy (non-hydrogen) atoms. The molecule has 0 radical (unpaired) electrons. The summed E-state index contributed by atoms with van der Waals surface area (Å²) in [7, 11) is 0. The smallest absolute Gasteiger partial charge is 0.228 e. The predicted molar refractivity (Wildman–Crippen MR) is 122 cm³/mol. The van der Waals surface area contributed by atoms with Crippen molar-refractivity contribution in [1.29, 1.82) is 0 Å². The number of rotatable bonds is 5. The maximum absolute atomic E-state index is 13.2. The van der Waals surface area contributed by atoms with Crippen molar-refractivity contribution in [2.75, 3.05) is 24.5 Å². The van der Waals surface area contributed by atoms with E-state index >= 15 is 0 Å². The van der Waals surface area contributed by atoms with Crippen molar-refractivity contribution in [3.05, 3.63) is 60.0 Å². The number of hydrogen-bond donors (Lipinski definition) is 0. The fraction of sp³-hybridized carbons (Fsp3) is 0.440. The molecule has 2 saturated heterocycles. The third kappa shape index (κ3) is 3.87. The lowest BCUT2D eigenvalue weighted by Gasteiger charge is -2.32. The lowest BCUT2D eigenvalue weighted by molar-refractivity contribution is -0.136. The summed E-state index contributed by atoms with van der Waals surface area (Å²) in [6.45, 7) is 4.02. The quantitative estimate of drug-likeness (QED) is 0.621. The first-order valence-corrected chi connectivity index (χ1v) is 11.6. The van der Waals surface area contributed by atoms with Crippen molar-refractivity contribution >= 4 is 23.1 Å². The number of hydrogen-bond acceptors (Lipinski definition) is 4. The highest BCUT2D eigenvalue weighted by Gasteiger charge is 2.38. The van der Waals surface area contributed by atoms with Crippen LogP contribution in [-0.4, -0.2) is 50.9 Å². The van der Waals surface area contributed by atoms with Crippen molar-refractivity contribution in [3.8, 4) is 0 Å². The van der Waals surface area contributed by atoms with Crippen molar-refractivity contribution in [1.82, 2.24) is 19.5 Å². The van der Waals surface area contributed by atoms with Gasteiger partial charge in [0.15, 0.2) is 5.65 Å². The number of carbonyl (C=O) groups is 2. The zero-order valence-electron chi connectivity index (χ0n) is 18.5. The average Bonchev–Trinajstić information content (AvgIpc) is 3.43. The van der Waals surface area contributed by atoms with E-state index in [0.717, 1.165) is 42.8 Å². The fourth-order valence-corrected chi connectivity index (χ4v) is 5.01. The van der Waals surface area contributed by atoms with Gasteiger partial charge in [-0.2, -0.15) is 0 Å². The zero-order chi connectivity index (χ0) is 22.1. The molecule has 4 heterocycles. The molecule has 0 saturated carbocycles. The summed E-state index contributed by atoms with van der Waals surface area (Å²) in [5.41, 5.74) is 3.02. The Bertz CT molecular complexity index is 1110. The van der Waals surface area contributed by atoms with Crippen molar-refractivity contribution < 1.29 is 9.59 Å². The number of amides is 2. The molecule has 3 aromatic rings. The first-order chi connectivity index (χ1) is 15.6. The normalized spacial score (nSPS) is 19.8. The Morgan fingerprint density at radius 2 is 1.84 bits per heavy atom. The zero-order valence-corrected chi connectivity index (χ0v) is 18.5. The third-order valence-electron chi connectivity index (χ3n) is 6.77. The molecule has 2 amide bonds. The van der Waals surface area contributed by atoms with Crippen molar-refractivity contribution in [2.45, 2.75) is 44.9 Å². The van der Waals surface area contributed by atoms with Gasteiger partial charge in [0.25, 0.3) is 0 Å². The second-order valence-electron chi connectivity index (χ2n) is 8.91. The van der Waals surface area contributed by atoms with Crippen LogP contribution in [-0.2, 0) is 16.0 Å². The maximum atomic E-state index is 13.2. The van der Waals surface area contributed by atoms with Gasteiger partial charge in [-0.1, -0.05) is 31.5 Å². The number of fused-ring (bicyclic) bond motifs is 1. The first-order valence-electron chi connectivity index (χ1n) is 11.6. The van der Waals surface area contributed by atoms with Crippen LogP contribution in [0.5, 0.6) is 0 Å². The molecule has 0 aliphatic carbocycles. The Balaban J connectivity index is 1.20. The van der Waals surface area contributed by atoms with Gasteiger partial charge in [-0.15, -0.1) is 10.2 Å². The third-order valence-corrected chi connectivity index (χ3v) is 6.77. The van der Waals surface area contributed by atoms with Gasteiger partial charge in [-0.25, -0.2) is 0 Å². The molecule has 2 aliphatic rings. The van der Waals surface area contributed by atoms with E-state index in [1.54, 1.807) is 4.90 Å². The molecule has 2 aliphatic heterocycles. The SMILES string of the molecule is CCCc1ccc(N2CC(C(=O)N3CCC(c4nnc5ccccn45)CC3)CC2=O)cc1. The second kappa shape index (κ2) is 8.73. The largest absolute Gasteiger partial charge is 0.342 e. The Morgan fingerprint density at radius 1 is 1.06 bits per heavy atom. The molecular weight excluding hydrogens is 402 g/mol. The molecule has 1 unspecified atom stereocenters. The van der Waals surface area contributed by atoms with Crippen LogP contribution in [0, 0.1) is 5.92 Å². The lowest BCUT2D eigenvalue weighted by atomic mass is 9.94. The monoisotopic (exact) mass is 431 g/mol. The first kappa shape index (κ1) is 20.7. The molecular formula is C25H29N5O2. The van der Waals surface area contributed by atoms with Crippen LogP contribution in [0.15, 0.2) is 48.7 Å². The van der Waals surface area contributed by atoms with E-state index in [-0.39, 0.29) is 17.7 Å². The Morgan fingerprint density at radius 3 is 2.59 bits per heavy atom. The van der Waals surface area contributed by atoms with Crippen LogP contribution in [0.2, 0.25) is 0 Å². The number of likely N-dealkylation sites (tertiary alicyclic amines) is 1. The summed E-state index contributed by atoms with van der Waals surface area (Å²) in [6, 6.07) is 14.1. The highest BCUT2D eigenvalue weighted by atomic mass is 16.2. The van der Waals surface area contributed by atoms with Gasteiger partial charge >= 0.3 is 0 Å². The number of nitrogens with zero attached hydrogens (tertiary/aromatic N) is 5. The van der Waals surface area contributed by atoms with Crippen LogP contribution in [0.3, 0.4) is 0 Å². The summed E-state index contributed by atoms with van der Waals surface area (Å²) in [4.78, 5) is 29.5. The van der Waals surface area contributed by atoms with Gasteiger partial charge in [-0.05, 0) is 49.1 Å². The summed E-state index contributed by atoms with van der Waals surface area (Å²) in [5.74, 6) is 1.15. The van der Waals surface area contributed by atoms with Gasteiger partial charge < -0.3 is 9.80 Å². The van der Waals surface area contributed by atoms with E-state index in [2.05, 4.69) is 29.3 Å². The van der Waals surface area contributed by atoms with Gasteiger partial charge in [0.05, 0.1) is 5.92 Å². The van der Waals surface area contributed by atoms with Gasteiger partial charge in [-0.3, -0.25) is 14.0 Å². The molecule has 1 atom stereocenters. The molecule has 5 rings (SSSR count). The number of pyridine rings is 1. The summed E-state index contributed by atoms with van der Waals surface area (Å²) < 4.78 is 2.04. The molecule has 0 bridgehead atoms. The molecule has 0 spiro atoms. The van der Waals surface area contributed by atoms with E-state index in [9.17, 15) is 9.59 Å². The van der Waals surface area contributed by atoms with Crippen molar-refractivity contribution in [3.63, 3.8) is 0 Å². The minimum Gasteiger partial charge on any atom is -0.342 e. The number of carbonyl (C=O) groups excluding carboxylic acids is 2. The van der Waals surface area contributed by atoms with Gasteiger partial charge in [0.2, 0.25) is 11.8 Å². The molecule has 1 aromatic carbocycles. The molecule has 7 nitrogen and oxygen atoms in total. The topological polar surface area (TPSA) is 70.8 Å². The lowest BCUT2D eigenvalue weighted by Crippen LogP contribution is -2.42. The molecule has 2 fully saturated rings. The van der Waals surface area contributed by atoms with E-state index in [1.807, 2.05) is 45.8 Å². The molecule has 7 heteroatoms. The summed E-state index contributed by atoms with van der Waals surface area (Å²) in [5, 5.41) is 8.66. The van der Waals surface area contributed by atoms with E-state index in [4.69, 9.17) is 0 Å². The predicted octanol–water partition coefficient (Wildman–Crippen LogP) is 3.44.